The highest BCUT2D eigenvalue weighted by Gasteiger charge is 2.18. The molecule has 0 unspecified atom stereocenters. The molecular weight excluding hydrogens is 362 g/mol. The van der Waals surface area contributed by atoms with Crippen LogP contribution in [-0.2, 0) is 6.42 Å². The van der Waals surface area contributed by atoms with Gasteiger partial charge in [-0.15, -0.1) is 11.3 Å². The van der Waals surface area contributed by atoms with E-state index in [0.717, 1.165) is 49.1 Å². The van der Waals surface area contributed by atoms with Crippen LogP contribution in [0, 0.1) is 0 Å². The van der Waals surface area contributed by atoms with E-state index in [2.05, 4.69) is 52.1 Å². The summed E-state index contributed by atoms with van der Waals surface area (Å²) in [5.74, 6) is 2.36. The van der Waals surface area contributed by atoms with Crippen molar-refractivity contribution in [3.05, 3.63) is 29.7 Å². The molecule has 0 spiro atoms. The van der Waals surface area contributed by atoms with Gasteiger partial charge in [0.05, 0.1) is 0 Å². The number of aryl methyl sites for hydroxylation is 1. The van der Waals surface area contributed by atoms with E-state index in [-0.39, 0.29) is 0 Å². The maximum absolute atomic E-state index is 4.60. The summed E-state index contributed by atoms with van der Waals surface area (Å²) < 4.78 is 0. The van der Waals surface area contributed by atoms with E-state index in [1.807, 2.05) is 18.4 Å². The number of piperazine rings is 1. The molecule has 9 nitrogen and oxygen atoms in total. The Labute approximate surface area is 161 Å². The van der Waals surface area contributed by atoms with Gasteiger partial charge in [0.1, 0.15) is 16.5 Å². The third-order valence-electron chi connectivity index (χ3n) is 4.30. The van der Waals surface area contributed by atoms with Gasteiger partial charge in [0.15, 0.2) is 0 Å². The Morgan fingerprint density at radius 1 is 1.00 bits per heavy atom. The van der Waals surface area contributed by atoms with E-state index in [9.17, 15) is 0 Å². The highest BCUT2D eigenvalue weighted by atomic mass is 32.1. The summed E-state index contributed by atoms with van der Waals surface area (Å²) in [7, 11) is 2.13. The molecule has 0 aliphatic carbocycles. The smallest absolute Gasteiger partial charge is 0.234 e. The van der Waals surface area contributed by atoms with Crippen molar-refractivity contribution in [2.24, 2.45) is 0 Å². The van der Waals surface area contributed by atoms with Crippen LogP contribution in [0.3, 0.4) is 0 Å². The molecule has 4 rings (SSSR count). The van der Waals surface area contributed by atoms with E-state index < -0.39 is 0 Å². The van der Waals surface area contributed by atoms with Crippen molar-refractivity contribution in [2.45, 2.75) is 13.3 Å². The molecule has 0 amide bonds. The first-order chi connectivity index (χ1) is 13.2. The van der Waals surface area contributed by atoms with E-state index >= 15 is 0 Å². The Balaban J connectivity index is 1.58. The number of nitrogens with zero attached hydrogens (tertiary/aromatic N) is 8. The highest BCUT2D eigenvalue weighted by molar-refractivity contribution is 7.13. The summed E-state index contributed by atoms with van der Waals surface area (Å²) in [4.78, 5) is 31.3. The summed E-state index contributed by atoms with van der Waals surface area (Å²) in [6, 6.07) is 1.84. The second kappa shape index (κ2) is 7.89. The zero-order chi connectivity index (χ0) is 18.6. The molecule has 3 aromatic rings. The van der Waals surface area contributed by atoms with Crippen molar-refractivity contribution < 1.29 is 0 Å². The summed E-state index contributed by atoms with van der Waals surface area (Å²) >= 11 is 1.54. The molecule has 1 aliphatic heterocycles. The Hall–Kier alpha value is -2.72. The van der Waals surface area contributed by atoms with Crippen molar-refractivity contribution in [1.82, 2.24) is 34.8 Å². The number of hydrogen-bond donors (Lipinski definition) is 1. The lowest BCUT2D eigenvalue weighted by Gasteiger charge is -2.32. The zero-order valence-corrected chi connectivity index (χ0v) is 16.1. The SMILES string of the molecule is CCc1nc(Nc2nccc(-c3nccs3)n2)nc(N2CCN(C)CC2)n1. The number of rotatable bonds is 5. The normalized spacial score (nSPS) is 15.1. The highest BCUT2D eigenvalue weighted by Crippen LogP contribution is 2.21. The third-order valence-corrected chi connectivity index (χ3v) is 5.10. The van der Waals surface area contributed by atoms with Crippen LogP contribution in [0.1, 0.15) is 12.7 Å². The first-order valence-electron chi connectivity index (χ1n) is 8.89. The summed E-state index contributed by atoms with van der Waals surface area (Å²) in [6.45, 7) is 5.83. The largest absolute Gasteiger partial charge is 0.338 e. The quantitative estimate of drug-likeness (QED) is 0.708. The van der Waals surface area contributed by atoms with Crippen LogP contribution >= 0.6 is 11.3 Å². The lowest BCUT2D eigenvalue weighted by Crippen LogP contribution is -2.45. The standard InChI is InChI=1S/C17H21N9S/c1-3-13-21-16(24-17(22-13)26-9-7-25(2)8-10-26)23-15-19-5-4-12(20-15)14-18-6-11-27-14/h4-6,11H,3,7-10H2,1-2H3,(H,19,20,21,22,23,24). The average Bonchev–Trinajstić information content (AvgIpc) is 3.23. The van der Waals surface area contributed by atoms with Gasteiger partial charge in [0.2, 0.25) is 17.8 Å². The molecule has 27 heavy (non-hydrogen) atoms. The molecule has 0 aromatic carbocycles. The second-order valence-corrected chi connectivity index (χ2v) is 7.14. The van der Waals surface area contributed by atoms with Gasteiger partial charge in [-0.1, -0.05) is 6.92 Å². The van der Waals surface area contributed by atoms with Crippen LogP contribution in [0.5, 0.6) is 0 Å². The van der Waals surface area contributed by atoms with Gasteiger partial charge < -0.3 is 9.80 Å². The van der Waals surface area contributed by atoms with Gasteiger partial charge in [-0.3, -0.25) is 5.32 Å². The fourth-order valence-corrected chi connectivity index (χ4v) is 3.36. The lowest BCUT2D eigenvalue weighted by molar-refractivity contribution is 0.311. The minimum atomic E-state index is 0.445. The van der Waals surface area contributed by atoms with Crippen molar-refractivity contribution in [3.8, 4) is 10.7 Å². The topological polar surface area (TPSA) is 95.8 Å². The molecule has 4 heterocycles. The number of thiazole rings is 1. The maximum Gasteiger partial charge on any atom is 0.234 e. The van der Waals surface area contributed by atoms with Crippen molar-refractivity contribution >= 4 is 29.2 Å². The Morgan fingerprint density at radius 2 is 1.85 bits per heavy atom. The van der Waals surface area contributed by atoms with Crippen LogP contribution in [-0.4, -0.2) is 68.0 Å². The van der Waals surface area contributed by atoms with Gasteiger partial charge in [-0.05, 0) is 13.1 Å². The van der Waals surface area contributed by atoms with Crippen molar-refractivity contribution in [1.29, 1.82) is 0 Å². The van der Waals surface area contributed by atoms with Gasteiger partial charge in [-0.25, -0.2) is 15.0 Å². The zero-order valence-electron chi connectivity index (χ0n) is 15.3. The fourth-order valence-electron chi connectivity index (χ4n) is 2.76. The fraction of sp³-hybridized carbons (Fsp3) is 0.412. The van der Waals surface area contributed by atoms with E-state index in [1.165, 1.54) is 11.3 Å². The Morgan fingerprint density at radius 3 is 2.59 bits per heavy atom. The molecule has 1 aliphatic rings. The monoisotopic (exact) mass is 383 g/mol. The summed E-state index contributed by atoms with van der Waals surface area (Å²) in [5, 5.41) is 5.90. The number of anilines is 3. The molecular formula is C17H21N9S. The van der Waals surface area contributed by atoms with Crippen molar-refractivity contribution in [3.63, 3.8) is 0 Å². The van der Waals surface area contributed by atoms with E-state index in [4.69, 9.17) is 0 Å². The number of hydrogen-bond acceptors (Lipinski definition) is 10. The minimum Gasteiger partial charge on any atom is -0.338 e. The second-order valence-electron chi connectivity index (χ2n) is 6.25. The molecule has 0 bridgehead atoms. The average molecular weight is 383 g/mol. The van der Waals surface area contributed by atoms with E-state index in [1.54, 1.807) is 12.4 Å². The van der Waals surface area contributed by atoms with Crippen LogP contribution in [0.2, 0.25) is 0 Å². The molecule has 0 radical (unpaired) electrons. The first kappa shape index (κ1) is 17.7. The predicted molar refractivity (Wildman–Crippen MR) is 105 cm³/mol. The van der Waals surface area contributed by atoms with E-state index in [0.29, 0.717) is 17.8 Å². The van der Waals surface area contributed by atoms with Crippen LogP contribution in [0.15, 0.2) is 23.8 Å². The van der Waals surface area contributed by atoms with Crippen LogP contribution in [0.25, 0.3) is 10.7 Å². The molecule has 140 valence electrons. The summed E-state index contributed by atoms with van der Waals surface area (Å²) in [5.41, 5.74) is 0.770. The maximum atomic E-state index is 4.60. The van der Waals surface area contributed by atoms with Gasteiger partial charge in [0.25, 0.3) is 0 Å². The number of likely N-dealkylation sites (N-methyl/N-ethyl adjacent to an activating group) is 1. The Kier molecular flexibility index (Phi) is 5.16. The Bertz CT molecular complexity index is 891. The lowest BCUT2D eigenvalue weighted by atomic mass is 10.3. The van der Waals surface area contributed by atoms with Gasteiger partial charge >= 0.3 is 0 Å². The van der Waals surface area contributed by atoms with Crippen LogP contribution in [0.4, 0.5) is 17.8 Å². The molecule has 1 N–H and O–H groups in total. The van der Waals surface area contributed by atoms with Crippen molar-refractivity contribution in [2.75, 3.05) is 43.4 Å². The molecule has 10 heteroatoms. The molecule has 1 fully saturated rings. The molecule has 1 saturated heterocycles. The van der Waals surface area contributed by atoms with Gasteiger partial charge in [-0.2, -0.15) is 15.0 Å². The molecule has 0 saturated carbocycles. The number of aromatic nitrogens is 6. The first-order valence-corrected chi connectivity index (χ1v) is 9.77. The molecule has 3 aromatic heterocycles. The minimum absolute atomic E-state index is 0.445. The number of nitrogens with one attached hydrogen (secondary N) is 1. The van der Waals surface area contributed by atoms with Gasteiger partial charge in [0, 0.05) is 50.4 Å². The predicted octanol–water partition coefficient (Wildman–Crippen LogP) is 1.84. The van der Waals surface area contributed by atoms with Crippen LogP contribution < -0.4 is 10.2 Å². The molecule has 0 atom stereocenters. The third kappa shape index (κ3) is 4.17. The summed E-state index contributed by atoms with van der Waals surface area (Å²) in [6.07, 6.45) is 4.20.